The van der Waals surface area contributed by atoms with Crippen LogP contribution in [0.2, 0.25) is 5.02 Å². The molecule has 2 aliphatic rings. The summed E-state index contributed by atoms with van der Waals surface area (Å²) in [6.45, 7) is 4.18. The lowest BCUT2D eigenvalue weighted by molar-refractivity contribution is -0.126. The molecule has 2 aliphatic heterocycles. The number of hydrogen-bond donors (Lipinski definition) is 0. The Morgan fingerprint density at radius 2 is 2.00 bits per heavy atom. The van der Waals surface area contributed by atoms with E-state index in [2.05, 4.69) is 16.0 Å². The minimum atomic E-state index is -0.0366. The van der Waals surface area contributed by atoms with Crippen molar-refractivity contribution < 1.29 is 4.79 Å². The predicted molar refractivity (Wildman–Crippen MR) is 121 cm³/mol. The van der Waals surface area contributed by atoms with Crippen molar-refractivity contribution in [3.8, 4) is 0 Å². The molecule has 1 aromatic heterocycles. The number of benzene rings is 1. The molecule has 1 amide bonds. The number of nitrogens with zero attached hydrogens (tertiary/aromatic N) is 3. The molecule has 0 aliphatic carbocycles. The number of thioether (sulfide) groups is 1. The molecule has 2 fully saturated rings. The molecular formula is C23H26ClN3OS. The quantitative estimate of drug-likeness (QED) is 0.591. The van der Waals surface area contributed by atoms with Gasteiger partial charge in [0.05, 0.1) is 4.91 Å². The van der Waals surface area contributed by atoms with Crippen LogP contribution in [0.3, 0.4) is 0 Å². The molecule has 1 aromatic carbocycles. The maximum atomic E-state index is 13.2. The van der Waals surface area contributed by atoms with E-state index >= 15 is 0 Å². The number of amides is 1. The first-order valence-corrected chi connectivity index (χ1v) is 11.5. The summed E-state index contributed by atoms with van der Waals surface area (Å²) in [6.07, 6.45) is 10.4. The van der Waals surface area contributed by atoms with Gasteiger partial charge in [-0.2, -0.15) is 0 Å². The summed E-state index contributed by atoms with van der Waals surface area (Å²) in [4.78, 5) is 22.7. The normalized spacial score (nSPS) is 21.8. The van der Waals surface area contributed by atoms with E-state index in [4.69, 9.17) is 11.6 Å². The van der Waals surface area contributed by atoms with Gasteiger partial charge in [0.1, 0.15) is 5.37 Å². The van der Waals surface area contributed by atoms with E-state index in [9.17, 15) is 4.79 Å². The monoisotopic (exact) mass is 427 g/mol. The van der Waals surface area contributed by atoms with E-state index < -0.39 is 0 Å². The molecule has 4 rings (SSSR count). The number of rotatable bonds is 6. The minimum absolute atomic E-state index is 0.0366. The van der Waals surface area contributed by atoms with Gasteiger partial charge < -0.3 is 9.80 Å². The van der Waals surface area contributed by atoms with Crippen molar-refractivity contribution in [3.05, 3.63) is 69.8 Å². The number of piperidine rings is 1. The maximum Gasteiger partial charge on any atom is 0.261 e. The number of hydrogen-bond acceptors (Lipinski definition) is 4. The fraction of sp³-hybridized carbons (Fsp3) is 0.391. The van der Waals surface area contributed by atoms with E-state index in [1.54, 1.807) is 24.2 Å². The summed E-state index contributed by atoms with van der Waals surface area (Å²) >= 11 is 7.84. The first-order chi connectivity index (χ1) is 14.2. The van der Waals surface area contributed by atoms with Gasteiger partial charge in [-0.1, -0.05) is 48.0 Å². The van der Waals surface area contributed by atoms with Crippen LogP contribution in [0.25, 0.3) is 6.08 Å². The van der Waals surface area contributed by atoms with Gasteiger partial charge >= 0.3 is 0 Å². The summed E-state index contributed by atoms with van der Waals surface area (Å²) in [5.74, 6) is 0.0995. The summed E-state index contributed by atoms with van der Waals surface area (Å²) in [6, 6.07) is 11.7. The van der Waals surface area contributed by atoms with E-state index in [1.807, 2.05) is 41.3 Å². The number of carbonyl (C=O) groups is 1. The van der Waals surface area contributed by atoms with Crippen molar-refractivity contribution in [2.45, 2.75) is 31.1 Å². The minimum Gasteiger partial charge on any atom is -0.322 e. The Labute approximate surface area is 181 Å². The molecular weight excluding hydrogens is 402 g/mol. The van der Waals surface area contributed by atoms with Crippen LogP contribution in [-0.2, 0) is 4.79 Å². The van der Waals surface area contributed by atoms with Crippen LogP contribution in [0.15, 0.2) is 53.7 Å². The molecule has 0 saturated carbocycles. The highest BCUT2D eigenvalue weighted by atomic mass is 35.5. The van der Waals surface area contributed by atoms with Gasteiger partial charge in [0, 0.05) is 24.0 Å². The predicted octanol–water partition coefficient (Wildman–Crippen LogP) is 5.23. The molecule has 29 heavy (non-hydrogen) atoms. The fourth-order valence-electron chi connectivity index (χ4n) is 3.97. The third-order valence-electron chi connectivity index (χ3n) is 5.43. The highest BCUT2D eigenvalue weighted by Gasteiger charge is 2.36. The van der Waals surface area contributed by atoms with Gasteiger partial charge in [-0.15, -0.1) is 0 Å². The summed E-state index contributed by atoms with van der Waals surface area (Å²) in [5.41, 5.74) is 2.02. The second kappa shape index (κ2) is 9.79. The zero-order valence-corrected chi connectivity index (χ0v) is 18.0. The molecule has 0 N–H and O–H groups in total. The molecule has 3 heterocycles. The lowest BCUT2D eigenvalue weighted by atomic mass is 10.1. The van der Waals surface area contributed by atoms with Crippen LogP contribution in [0.4, 0.5) is 0 Å². The van der Waals surface area contributed by atoms with E-state index in [-0.39, 0.29) is 11.3 Å². The third-order valence-corrected chi connectivity index (χ3v) is 6.96. The molecule has 1 unspecified atom stereocenters. The molecule has 2 aromatic rings. The lowest BCUT2D eigenvalue weighted by Crippen LogP contribution is -2.34. The van der Waals surface area contributed by atoms with Crippen molar-refractivity contribution in [1.29, 1.82) is 0 Å². The standard InChI is InChI=1S/C23H26ClN3OS/c24-20-9-4-8-19(16-20)23-27(14-6-13-26-11-2-1-3-12-26)22(28)21(29-23)15-18-7-5-10-25-17-18/h4-5,7-10,15-17,23H,1-3,6,11-14H2. The molecule has 6 heteroatoms. The Morgan fingerprint density at radius 1 is 1.14 bits per heavy atom. The number of aromatic nitrogens is 1. The maximum absolute atomic E-state index is 13.2. The Kier molecular flexibility index (Phi) is 6.90. The van der Waals surface area contributed by atoms with E-state index in [0.717, 1.165) is 35.5 Å². The average Bonchev–Trinajstić information content (AvgIpc) is 3.05. The van der Waals surface area contributed by atoms with Crippen LogP contribution < -0.4 is 0 Å². The Morgan fingerprint density at radius 3 is 2.76 bits per heavy atom. The second-order valence-corrected chi connectivity index (χ2v) is 9.13. The molecule has 4 nitrogen and oxygen atoms in total. The van der Waals surface area contributed by atoms with Crippen LogP contribution in [0.1, 0.15) is 42.2 Å². The van der Waals surface area contributed by atoms with Crippen molar-refractivity contribution in [3.63, 3.8) is 0 Å². The van der Waals surface area contributed by atoms with Crippen LogP contribution in [-0.4, -0.2) is 46.9 Å². The van der Waals surface area contributed by atoms with Crippen LogP contribution in [0, 0.1) is 0 Å². The van der Waals surface area contributed by atoms with Crippen molar-refractivity contribution in [2.75, 3.05) is 26.2 Å². The first kappa shape index (κ1) is 20.5. The van der Waals surface area contributed by atoms with Gasteiger partial charge in [0.25, 0.3) is 5.91 Å². The zero-order chi connectivity index (χ0) is 20.1. The van der Waals surface area contributed by atoms with Gasteiger partial charge in [-0.25, -0.2) is 0 Å². The van der Waals surface area contributed by atoms with Crippen LogP contribution in [0.5, 0.6) is 0 Å². The van der Waals surface area contributed by atoms with Gasteiger partial charge in [0.15, 0.2) is 0 Å². The smallest absolute Gasteiger partial charge is 0.261 e. The largest absolute Gasteiger partial charge is 0.322 e. The first-order valence-electron chi connectivity index (χ1n) is 10.3. The lowest BCUT2D eigenvalue weighted by Gasteiger charge is -2.28. The molecule has 0 radical (unpaired) electrons. The molecule has 2 saturated heterocycles. The average molecular weight is 428 g/mol. The summed E-state index contributed by atoms with van der Waals surface area (Å²) < 4.78 is 0. The van der Waals surface area contributed by atoms with E-state index in [1.165, 1.54) is 32.4 Å². The molecule has 0 bridgehead atoms. The van der Waals surface area contributed by atoms with Crippen molar-refractivity contribution in [1.82, 2.24) is 14.8 Å². The number of likely N-dealkylation sites (tertiary alicyclic amines) is 1. The van der Waals surface area contributed by atoms with Crippen molar-refractivity contribution >= 4 is 35.3 Å². The van der Waals surface area contributed by atoms with Gasteiger partial charge in [-0.05, 0) is 74.3 Å². The van der Waals surface area contributed by atoms with Crippen LogP contribution >= 0.6 is 23.4 Å². The number of carbonyl (C=O) groups excluding carboxylic acids is 1. The van der Waals surface area contributed by atoms with Gasteiger partial charge in [-0.3, -0.25) is 9.78 Å². The highest BCUT2D eigenvalue weighted by molar-refractivity contribution is 8.04. The molecule has 152 valence electrons. The van der Waals surface area contributed by atoms with Crippen molar-refractivity contribution in [2.24, 2.45) is 0 Å². The number of pyridine rings is 1. The summed E-state index contributed by atoms with van der Waals surface area (Å²) in [7, 11) is 0. The Hall–Kier alpha value is -1.82. The fourth-order valence-corrected chi connectivity index (χ4v) is 5.44. The number of halogens is 1. The summed E-state index contributed by atoms with van der Waals surface area (Å²) in [5, 5.41) is 0.666. The van der Waals surface area contributed by atoms with E-state index in [0.29, 0.717) is 5.02 Å². The van der Waals surface area contributed by atoms with Gasteiger partial charge in [0.2, 0.25) is 0 Å². The Bertz CT molecular complexity index is 867. The molecule has 0 spiro atoms. The third kappa shape index (κ3) is 5.21. The highest BCUT2D eigenvalue weighted by Crippen LogP contribution is 2.46. The molecule has 1 atom stereocenters. The SMILES string of the molecule is O=C1C(=Cc2cccnc2)SC(c2cccc(Cl)c2)N1CCCN1CCCCC1. The zero-order valence-electron chi connectivity index (χ0n) is 16.5. The Balaban J connectivity index is 1.51. The second-order valence-electron chi connectivity index (χ2n) is 7.57. The topological polar surface area (TPSA) is 36.4 Å².